The number of amides is 1. The Morgan fingerprint density at radius 1 is 1.11 bits per heavy atom. The van der Waals surface area contributed by atoms with Crippen molar-refractivity contribution in [2.75, 3.05) is 19.8 Å². The second kappa shape index (κ2) is 12.4. The Hall–Kier alpha value is -1.85. The zero-order valence-corrected chi connectivity index (χ0v) is 21.5. The Morgan fingerprint density at radius 2 is 1.77 bits per heavy atom. The lowest BCUT2D eigenvalue weighted by atomic mass is 9.72. The second-order valence-corrected chi connectivity index (χ2v) is 11.1. The van der Waals surface area contributed by atoms with Crippen molar-refractivity contribution in [2.45, 2.75) is 97.7 Å². The molecule has 10 nitrogen and oxygen atoms in total. The van der Waals surface area contributed by atoms with Gasteiger partial charge in [0.15, 0.2) is 6.29 Å². The molecule has 0 aromatic rings. The molecule has 1 amide bonds. The maximum Gasteiger partial charge on any atom is 0.342 e. The van der Waals surface area contributed by atoms with Gasteiger partial charge in [-0.15, -0.1) is 0 Å². The third-order valence-electron chi connectivity index (χ3n) is 6.67. The summed E-state index contributed by atoms with van der Waals surface area (Å²) in [6.45, 7) is 10.6. The molecular weight excluding hydrogens is 458 g/mol. The fourth-order valence-corrected chi connectivity index (χ4v) is 4.77. The number of aliphatic hydroxyl groups is 3. The summed E-state index contributed by atoms with van der Waals surface area (Å²) in [5.41, 5.74) is 0.426. The highest BCUT2D eigenvalue weighted by Gasteiger charge is 2.37. The van der Waals surface area contributed by atoms with E-state index in [1.54, 1.807) is 0 Å². The Balaban J connectivity index is 1.69. The molecule has 4 N–H and O–H groups in total. The third kappa shape index (κ3) is 8.95. The van der Waals surface area contributed by atoms with Crippen LogP contribution in [0.3, 0.4) is 0 Å². The zero-order chi connectivity index (χ0) is 26.4. The van der Waals surface area contributed by atoms with Crippen LogP contribution < -0.4 is 5.32 Å². The monoisotopic (exact) mass is 499 g/mol. The Morgan fingerprint density at radius 3 is 2.37 bits per heavy atom. The van der Waals surface area contributed by atoms with Gasteiger partial charge in [0.2, 0.25) is 5.91 Å². The maximum atomic E-state index is 12.2. The molecule has 2 rings (SSSR count). The number of ether oxygens (including phenoxy) is 3. The van der Waals surface area contributed by atoms with Crippen molar-refractivity contribution in [3.63, 3.8) is 0 Å². The molecule has 0 aliphatic carbocycles. The van der Waals surface area contributed by atoms with Crippen LogP contribution in [0.1, 0.15) is 73.1 Å². The summed E-state index contributed by atoms with van der Waals surface area (Å²) < 4.78 is 15.8. The molecule has 200 valence electrons. The van der Waals surface area contributed by atoms with Gasteiger partial charge in [-0.1, -0.05) is 27.7 Å². The molecule has 2 aliphatic rings. The summed E-state index contributed by atoms with van der Waals surface area (Å²) >= 11 is 0. The van der Waals surface area contributed by atoms with E-state index in [0.29, 0.717) is 13.2 Å². The Kier molecular flexibility index (Phi) is 10.4. The van der Waals surface area contributed by atoms with Crippen molar-refractivity contribution < 1.29 is 43.9 Å². The molecule has 0 bridgehead atoms. The van der Waals surface area contributed by atoms with Crippen molar-refractivity contribution in [1.82, 2.24) is 5.32 Å². The minimum absolute atomic E-state index is 0.0544. The second-order valence-electron chi connectivity index (χ2n) is 11.1. The predicted octanol–water partition coefficient (Wildman–Crippen LogP) is 1.35. The van der Waals surface area contributed by atoms with Crippen molar-refractivity contribution >= 4 is 17.8 Å². The summed E-state index contributed by atoms with van der Waals surface area (Å²) in [5.74, 6) is -1.48. The first-order valence-electron chi connectivity index (χ1n) is 12.2. The molecule has 1 fully saturated rings. The number of carbonyl (C=O) groups is 3. The van der Waals surface area contributed by atoms with E-state index in [2.05, 4.69) is 37.7 Å². The van der Waals surface area contributed by atoms with Crippen LogP contribution in [0.25, 0.3) is 0 Å². The minimum atomic E-state index is -1.12. The first-order valence-corrected chi connectivity index (χ1v) is 12.2. The molecular formula is C25H41NO9. The molecule has 0 radical (unpaired) electrons. The Bertz CT molecular complexity index is 805. The number of aliphatic hydroxyl groups excluding tert-OH is 3. The molecule has 4 atom stereocenters. The number of esters is 2. The first kappa shape index (κ1) is 29.4. The average molecular weight is 500 g/mol. The fraction of sp³-hybridized carbons (Fsp3) is 0.800. The molecule has 0 aromatic heterocycles. The zero-order valence-electron chi connectivity index (χ0n) is 21.5. The van der Waals surface area contributed by atoms with Crippen molar-refractivity contribution in [3.05, 3.63) is 11.1 Å². The molecule has 10 heteroatoms. The first-order chi connectivity index (χ1) is 16.2. The molecule has 2 heterocycles. The van der Waals surface area contributed by atoms with Gasteiger partial charge in [-0.2, -0.15) is 0 Å². The quantitative estimate of drug-likeness (QED) is 0.217. The number of hydrogen-bond donors (Lipinski definition) is 4. The largest absolute Gasteiger partial charge is 0.394 e. The molecule has 0 spiro atoms. The van der Waals surface area contributed by atoms with Gasteiger partial charge in [0.1, 0.15) is 12.2 Å². The van der Waals surface area contributed by atoms with Gasteiger partial charge in [0.05, 0.1) is 19.3 Å². The lowest BCUT2D eigenvalue weighted by Gasteiger charge is -2.38. The summed E-state index contributed by atoms with van der Waals surface area (Å²) in [7, 11) is 0. The molecule has 2 aliphatic heterocycles. The van der Waals surface area contributed by atoms with Crippen molar-refractivity contribution in [2.24, 2.45) is 10.8 Å². The van der Waals surface area contributed by atoms with Gasteiger partial charge in [-0.25, -0.2) is 9.59 Å². The summed E-state index contributed by atoms with van der Waals surface area (Å²) in [6, 6.07) is 0. The van der Waals surface area contributed by atoms with Crippen LogP contribution in [-0.4, -0.2) is 77.5 Å². The maximum absolute atomic E-state index is 12.2. The predicted molar refractivity (Wildman–Crippen MR) is 126 cm³/mol. The highest BCUT2D eigenvalue weighted by atomic mass is 16.7. The van der Waals surface area contributed by atoms with Gasteiger partial charge < -0.3 is 34.8 Å². The van der Waals surface area contributed by atoms with E-state index in [4.69, 9.17) is 9.47 Å². The van der Waals surface area contributed by atoms with Crippen molar-refractivity contribution in [1.29, 1.82) is 0 Å². The minimum Gasteiger partial charge on any atom is -0.394 e. The van der Waals surface area contributed by atoms with Crippen LogP contribution in [0.15, 0.2) is 11.1 Å². The molecule has 1 saturated heterocycles. The van der Waals surface area contributed by atoms with Gasteiger partial charge in [-0.3, -0.25) is 4.79 Å². The van der Waals surface area contributed by atoms with Gasteiger partial charge in [-0.05, 0) is 43.4 Å². The molecule has 0 saturated carbocycles. The van der Waals surface area contributed by atoms with Crippen LogP contribution in [0.4, 0.5) is 0 Å². The van der Waals surface area contributed by atoms with Crippen molar-refractivity contribution in [3.8, 4) is 0 Å². The summed E-state index contributed by atoms with van der Waals surface area (Å²) in [4.78, 5) is 35.2. The normalized spacial score (nSPS) is 25.7. The van der Waals surface area contributed by atoms with E-state index in [1.807, 2.05) is 0 Å². The average Bonchev–Trinajstić information content (AvgIpc) is 2.98. The Labute approximate surface area is 207 Å². The third-order valence-corrected chi connectivity index (χ3v) is 6.67. The smallest absolute Gasteiger partial charge is 0.342 e. The highest BCUT2D eigenvalue weighted by molar-refractivity contribution is 6.12. The lowest BCUT2D eigenvalue weighted by Crippen LogP contribution is -2.50. The lowest BCUT2D eigenvalue weighted by molar-refractivity contribution is -0.258. The summed E-state index contributed by atoms with van der Waals surface area (Å²) in [5, 5.41) is 31.9. The van der Waals surface area contributed by atoms with E-state index >= 15 is 0 Å². The summed E-state index contributed by atoms with van der Waals surface area (Å²) in [6.07, 6.45) is -0.820. The highest BCUT2D eigenvalue weighted by Crippen LogP contribution is 2.38. The van der Waals surface area contributed by atoms with Gasteiger partial charge in [0.25, 0.3) is 0 Å². The number of nitrogens with one attached hydrogen (secondary N) is 1. The van der Waals surface area contributed by atoms with Crippen LogP contribution in [0.2, 0.25) is 0 Å². The van der Waals surface area contributed by atoms with E-state index in [-0.39, 0.29) is 47.1 Å². The van der Waals surface area contributed by atoms with Crippen LogP contribution >= 0.6 is 0 Å². The van der Waals surface area contributed by atoms with E-state index in [9.17, 15) is 29.7 Å². The number of cyclic esters (lactones) is 2. The van der Waals surface area contributed by atoms with E-state index < -0.39 is 43.1 Å². The standard InChI is InChI=1S/C25H41NO9/c1-15-16(23(32)35-22(15)31)6-7-19(29)26-10-8-24(2,3)14-25(4,5)9-11-33-20-12-17(28)21(30)18(13-27)34-20/h17-18,20-21,27-28,30H,6-14H2,1-5H3,(H,26,29)/t17-,18-,20-,21-/m0/s1. The molecule has 35 heavy (non-hydrogen) atoms. The van der Waals surface area contributed by atoms with E-state index in [1.165, 1.54) is 6.92 Å². The molecule has 0 aromatic carbocycles. The fourth-order valence-electron chi connectivity index (χ4n) is 4.77. The number of rotatable bonds is 13. The SMILES string of the molecule is CC1=C(CCC(=O)NCCC(C)(C)CC(C)(C)CCO[C@@H]2C[C@H](O)[C@H](O)[C@H](CO)O2)C(=O)OC1=O. The topological polar surface area (TPSA) is 152 Å². The van der Waals surface area contributed by atoms with Crippen LogP contribution in [0.5, 0.6) is 0 Å². The number of hydrogen-bond acceptors (Lipinski definition) is 9. The van der Waals surface area contributed by atoms with Crippen LogP contribution in [-0.2, 0) is 28.6 Å². The van der Waals surface area contributed by atoms with Gasteiger partial charge in [0, 0.05) is 30.5 Å². The molecule has 0 unspecified atom stereocenters. The number of carbonyl (C=O) groups excluding carboxylic acids is 3. The van der Waals surface area contributed by atoms with E-state index in [0.717, 1.165) is 19.3 Å². The van der Waals surface area contributed by atoms with Crippen LogP contribution in [0, 0.1) is 10.8 Å². The van der Waals surface area contributed by atoms with Gasteiger partial charge >= 0.3 is 11.9 Å².